The van der Waals surface area contributed by atoms with Crippen molar-refractivity contribution in [1.29, 1.82) is 0 Å². The first kappa shape index (κ1) is 14.4. The summed E-state index contributed by atoms with van der Waals surface area (Å²) in [6, 6.07) is 3.74. The molecule has 1 nitrogen and oxygen atoms in total. The fourth-order valence-corrected chi connectivity index (χ4v) is 3.81. The summed E-state index contributed by atoms with van der Waals surface area (Å²) in [6.07, 6.45) is 9.36. The molecule has 0 amide bonds. The van der Waals surface area contributed by atoms with Crippen LogP contribution in [0.25, 0.3) is 0 Å². The highest BCUT2D eigenvalue weighted by Gasteiger charge is 2.34. The second kappa shape index (κ2) is 6.08. The largest absolute Gasteiger partial charge is 0.299 e. The van der Waals surface area contributed by atoms with E-state index in [9.17, 15) is 13.6 Å². The Morgan fingerprint density at radius 2 is 1.76 bits per heavy atom. The summed E-state index contributed by atoms with van der Waals surface area (Å²) in [6.45, 7) is 0. The smallest absolute Gasteiger partial charge is 0.136 e. The van der Waals surface area contributed by atoms with E-state index in [0.29, 0.717) is 30.1 Å². The van der Waals surface area contributed by atoms with Gasteiger partial charge in [-0.25, -0.2) is 8.78 Å². The van der Waals surface area contributed by atoms with E-state index >= 15 is 0 Å². The molecule has 0 bridgehead atoms. The lowest BCUT2D eigenvalue weighted by molar-refractivity contribution is -0.127. The third-order valence-electron chi connectivity index (χ3n) is 4.93. The highest BCUT2D eigenvalue weighted by Crippen LogP contribution is 2.41. The SMILES string of the molecule is O=C1CCC(c2cc(F)cc(F)c2)CC1C1CC=CCC1. The fraction of sp³-hybridized carbons (Fsp3) is 0.500. The number of benzene rings is 1. The normalized spacial score (nSPS) is 29.6. The zero-order valence-electron chi connectivity index (χ0n) is 12.0. The molecule has 0 spiro atoms. The van der Waals surface area contributed by atoms with Crippen molar-refractivity contribution in [2.75, 3.05) is 0 Å². The van der Waals surface area contributed by atoms with Gasteiger partial charge < -0.3 is 0 Å². The predicted molar refractivity (Wildman–Crippen MR) is 77.9 cm³/mol. The minimum absolute atomic E-state index is 0.0556. The van der Waals surface area contributed by atoms with Crippen molar-refractivity contribution >= 4 is 5.78 Å². The second-order valence-corrected chi connectivity index (χ2v) is 6.29. The van der Waals surface area contributed by atoms with Gasteiger partial charge in [0.05, 0.1) is 0 Å². The predicted octanol–water partition coefficient (Wildman–Crippen LogP) is 4.77. The highest BCUT2D eigenvalue weighted by atomic mass is 19.1. The Labute approximate surface area is 124 Å². The van der Waals surface area contributed by atoms with Crippen LogP contribution in [0.4, 0.5) is 8.78 Å². The number of allylic oxidation sites excluding steroid dienone is 2. The summed E-state index contributed by atoms with van der Waals surface area (Å²) in [5.74, 6) is -0.158. The number of rotatable bonds is 2. The van der Waals surface area contributed by atoms with Gasteiger partial charge in [0.1, 0.15) is 17.4 Å². The standard InChI is InChI=1S/C18H20F2O/c19-15-8-14(9-16(20)11-15)13-6-7-18(21)17(10-13)12-4-2-1-3-5-12/h1-2,8-9,11-13,17H,3-7,10H2. The number of hydrogen-bond acceptors (Lipinski definition) is 1. The summed E-state index contributed by atoms with van der Waals surface area (Å²) in [4.78, 5) is 12.2. The lowest BCUT2D eigenvalue weighted by Crippen LogP contribution is -2.30. The van der Waals surface area contributed by atoms with E-state index in [4.69, 9.17) is 0 Å². The van der Waals surface area contributed by atoms with Gasteiger partial charge >= 0.3 is 0 Å². The van der Waals surface area contributed by atoms with E-state index in [1.54, 1.807) is 0 Å². The molecule has 0 aliphatic heterocycles. The van der Waals surface area contributed by atoms with E-state index in [1.807, 2.05) is 0 Å². The Hall–Kier alpha value is -1.51. The van der Waals surface area contributed by atoms with Gasteiger partial charge in [-0.2, -0.15) is 0 Å². The van der Waals surface area contributed by atoms with Crippen LogP contribution < -0.4 is 0 Å². The first-order valence-corrected chi connectivity index (χ1v) is 7.77. The van der Waals surface area contributed by atoms with E-state index in [2.05, 4.69) is 12.2 Å². The molecular weight excluding hydrogens is 270 g/mol. The number of carbonyl (C=O) groups is 1. The highest BCUT2D eigenvalue weighted by molar-refractivity contribution is 5.82. The summed E-state index contributed by atoms with van der Waals surface area (Å²) >= 11 is 0. The molecule has 1 saturated carbocycles. The third-order valence-corrected chi connectivity index (χ3v) is 4.93. The minimum atomic E-state index is -0.529. The molecule has 3 heteroatoms. The lowest BCUT2D eigenvalue weighted by atomic mass is 9.69. The van der Waals surface area contributed by atoms with Crippen LogP contribution in [0, 0.1) is 23.5 Å². The Kier molecular flexibility index (Phi) is 4.18. The number of carbonyl (C=O) groups excluding carboxylic acids is 1. The Balaban J connectivity index is 1.78. The van der Waals surface area contributed by atoms with Crippen molar-refractivity contribution in [2.45, 2.75) is 44.4 Å². The molecule has 1 aromatic carbocycles. The van der Waals surface area contributed by atoms with Gasteiger partial charge in [0.15, 0.2) is 0 Å². The molecular formula is C18H20F2O. The second-order valence-electron chi connectivity index (χ2n) is 6.29. The monoisotopic (exact) mass is 290 g/mol. The maximum Gasteiger partial charge on any atom is 0.136 e. The maximum atomic E-state index is 13.4. The van der Waals surface area contributed by atoms with Gasteiger partial charge in [0, 0.05) is 18.4 Å². The van der Waals surface area contributed by atoms with Gasteiger partial charge in [-0.15, -0.1) is 0 Å². The van der Waals surface area contributed by atoms with Gasteiger partial charge in [-0.3, -0.25) is 4.79 Å². The molecule has 0 aromatic heterocycles. The summed E-state index contributed by atoms with van der Waals surface area (Å²) in [5.41, 5.74) is 0.705. The van der Waals surface area contributed by atoms with Crippen molar-refractivity contribution in [3.63, 3.8) is 0 Å². The molecule has 21 heavy (non-hydrogen) atoms. The van der Waals surface area contributed by atoms with Crippen molar-refractivity contribution in [3.05, 3.63) is 47.5 Å². The van der Waals surface area contributed by atoms with Crippen LogP contribution in [0.1, 0.15) is 50.0 Å². The third kappa shape index (κ3) is 3.22. The molecule has 0 heterocycles. The zero-order valence-corrected chi connectivity index (χ0v) is 12.0. The lowest BCUT2D eigenvalue weighted by Gasteiger charge is -2.34. The number of Topliss-reactive ketones (excluding diaryl/α,β-unsaturated/α-hetero) is 1. The zero-order chi connectivity index (χ0) is 14.8. The topological polar surface area (TPSA) is 17.1 Å². The van der Waals surface area contributed by atoms with Crippen molar-refractivity contribution in [1.82, 2.24) is 0 Å². The molecule has 3 unspecified atom stereocenters. The van der Waals surface area contributed by atoms with E-state index in [1.165, 1.54) is 12.1 Å². The van der Waals surface area contributed by atoms with Crippen LogP contribution in [-0.4, -0.2) is 5.78 Å². The first-order valence-electron chi connectivity index (χ1n) is 7.77. The molecule has 1 fully saturated rings. The molecule has 0 N–H and O–H groups in total. The van der Waals surface area contributed by atoms with Gasteiger partial charge in [0.2, 0.25) is 0 Å². The Morgan fingerprint density at radius 3 is 2.43 bits per heavy atom. The van der Waals surface area contributed by atoms with Gasteiger partial charge in [-0.05, 0) is 61.6 Å². The molecule has 3 rings (SSSR count). The molecule has 2 aliphatic carbocycles. The van der Waals surface area contributed by atoms with Crippen LogP contribution in [0.5, 0.6) is 0 Å². The maximum absolute atomic E-state index is 13.4. The number of hydrogen-bond donors (Lipinski definition) is 0. The van der Waals surface area contributed by atoms with E-state index in [0.717, 1.165) is 31.7 Å². The molecule has 0 radical (unpaired) electrons. The van der Waals surface area contributed by atoms with Gasteiger partial charge in [0.25, 0.3) is 0 Å². The first-order chi connectivity index (χ1) is 10.1. The summed E-state index contributed by atoms with van der Waals surface area (Å²) in [5, 5.41) is 0. The van der Waals surface area contributed by atoms with Crippen molar-refractivity contribution in [3.8, 4) is 0 Å². The molecule has 3 atom stereocenters. The molecule has 0 saturated heterocycles. The number of ketones is 1. The summed E-state index contributed by atoms with van der Waals surface area (Å²) in [7, 11) is 0. The average molecular weight is 290 g/mol. The fourth-order valence-electron chi connectivity index (χ4n) is 3.81. The average Bonchev–Trinajstić information content (AvgIpc) is 2.47. The minimum Gasteiger partial charge on any atom is -0.299 e. The molecule has 2 aliphatic rings. The Bertz CT molecular complexity index is 544. The van der Waals surface area contributed by atoms with Crippen molar-refractivity contribution < 1.29 is 13.6 Å². The Morgan fingerprint density at radius 1 is 1.00 bits per heavy atom. The van der Waals surface area contributed by atoms with E-state index in [-0.39, 0.29) is 11.8 Å². The quantitative estimate of drug-likeness (QED) is 0.717. The van der Waals surface area contributed by atoms with Crippen LogP contribution in [0.2, 0.25) is 0 Å². The molecule has 112 valence electrons. The van der Waals surface area contributed by atoms with Crippen LogP contribution in [0.15, 0.2) is 30.4 Å². The molecule has 1 aromatic rings. The number of halogens is 2. The van der Waals surface area contributed by atoms with Crippen LogP contribution in [-0.2, 0) is 4.79 Å². The van der Waals surface area contributed by atoms with Crippen LogP contribution in [0.3, 0.4) is 0 Å². The summed E-state index contributed by atoms with van der Waals surface area (Å²) < 4.78 is 26.8. The van der Waals surface area contributed by atoms with Crippen LogP contribution >= 0.6 is 0 Å². The van der Waals surface area contributed by atoms with Gasteiger partial charge in [-0.1, -0.05) is 12.2 Å². The van der Waals surface area contributed by atoms with Crippen molar-refractivity contribution in [2.24, 2.45) is 11.8 Å². The van der Waals surface area contributed by atoms with E-state index < -0.39 is 11.6 Å².